The molecule has 2 rings (SSSR count). The number of alkyl halides is 3. The molecule has 18 heavy (non-hydrogen) atoms. The van der Waals surface area contributed by atoms with Crippen LogP contribution in [0.1, 0.15) is 19.2 Å². The Kier molecular flexibility index (Phi) is 3.70. The molecule has 2 aromatic rings. The molecule has 0 fully saturated rings. The van der Waals surface area contributed by atoms with Gasteiger partial charge in [-0.25, -0.2) is 9.97 Å². The van der Waals surface area contributed by atoms with Gasteiger partial charge in [0.15, 0.2) is 0 Å². The number of anilines is 1. The van der Waals surface area contributed by atoms with Crippen LogP contribution in [-0.2, 0) is 6.42 Å². The average Bonchev–Trinajstić information content (AvgIpc) is 2.71. The van der Waals surface area contributed by atoms with E-state index in [1.807, 2.05) is 13.0 Å². The largest absolute Gasteiger partial charge is 0.396 e. The van der Waals surface area contributed by atoms with Crippen molar-refractivity contribution in [3.63, 3.8) is 0 Å². The summed E-state index contributed by atoms with van der Waals surface area (Å²) in [6.45, 7) is 2.66. The van der Waals surface area contributed by atoms with Crippen LogP contribution in [0.3, 0.4) is 0 Å². The van der Waals surface area contributed by atoms with Gasteiger partial charge in [-0.2, -0.15) is 13.2 Å². The van der Waals surface area contributed by atoms with Crippen molar-refractivity contribution < 1.29 is 13.2 Å². The zero-order valence-electron chi connectivity index (χ0n) is 9.71. The molecule has 0 aliphatic rings. The van der Waals surface area contributed by atoms with Crippen molar-refractivity contribution in [1.82, 2.24) is 9.97 Å². The summed E-state index contributed by atoms with van der Waals surface area (Å²) in [5, 5.41) is 5.61. The molecule has 2 aromatic heterocycles. The summed E-state index contributed by atoms with van der Waals surface area (Å²) in [7, 11) is 0. The Morgan fingerprint density at radius 1 is 1.33 bits per heavy atom. The Morgan fingerprint density at radius 2 is 2.11 bits per heavy atom. The van der Waals surface area contributed by atoms with Crippen LogP contribution >= 0.6 is 11.3 Å². The van der Waals surface area contributed by atoms with Crippen molar-refractivity contribution in [2.75, 3.05) is 11.9 Å². The van der Waals surface area contributed by atoms with Gasteiger partial charge in [0.25, 0.3) is 0 Å². The summed E-state index contributed by atoms with van der Waals surface area (Å²) >= 11 is 1.32. The highest BCUT2D eigenvalue weighted by Gasteiger charge is 2.30. The van der Waals surface area contributed by atoms with Crippen molar-refractivity contribution in [2.24, 2.45) is 0 Å². The van der Waals surface area contributed by atoms with E-state index in [9.17, 15) is 13.2 Å². The van der Waals surface area contributed by atoms with Gasteiger partial charge in [0, 0.05) is 6.54 Å². The third-order valence-corrected chi connectivity index (χ3v) is 3.08. The molecule has 0 bridgehead atoms. The van der Waals surface area contributed by atoms with E-state index < -0.39 is 12.6 Å². The molecule has 0 atom stereocenters. The quantitative estimate of drug-likeness (QED) is 0.926. The number of hydrogen-bond acceptors (Lipinski definition) is 4. The van der Waals surface area contributed by atoms with Crippen LogP contribution in [0, 0.1) is 0 Å². The summed E-state index contributed by atoms with van der Waals surface area (Å²) in [6.07, 6.45) is -4.50. The summed E-state index contributed by atoms with van der Waals surface area (Å²) in [4.78, 5) is 8.48. The van der Waals surface area contributed by atoms with Crippen LogP contribution in [0.5, 0.6) is 0 Å². The van der Waals surface area contributed by atoms with Crippen molar-refractivity contribution >= 4 is 27.4 Å². The lowest BCUT2D eigenvalue weighted by molar-refractivity contribution is -0.128. The van der Waals surface area contributed by atoms with Gasteiger partial charge in [0.1, 0.15) is 22.9 Å². The number of thiophene rings is 1. The highest BCUT2D eigenvalue weighted by molar-refractivity contribution is 7.16. The van der Waals surface area contributed by atoms with E-state index in [0.29, 0.717) is 17.2 Å². The predicted octanol–water partition coefficient (Wildman–Crippen LogP) is 3.62. The molecule has 0 unspecified atom stereocenters. The number of nitrogens with one attached hydrogen (secondary N) is 1. The third-order valence-electron chi connectivity index (χ3n) is 2.27. The molecule has 0 amide bonds. The minimum absolute atomic E-state index is 0.184. The molecule has 0 spiro atoms. The number of aromatic nitrogens is 2. The summed E-state index contributed by atoms with van der Waals surface area (Å²) in [5.41, 5.74) is 0. The fraction of sp³-hybridized carbons (Fsp3) is 0.455. The minimum Gasteiger partial charge on any atom is -0.369 e. The predicted molar refractivity (Wildman–Crippen MR) is 66.0 cm³/mol. The van der Waals surface area contributed by atoms with Crippen molar-refractivity contribution in [3.05, 3.63) is 17.3 Å². The number of rotatable bonds is 4. The number of halogens is 3. The maximum Gasteiger partial charge on any atom is 0.396 e. The van der Waals surface area contributed by atoms with E-state index in [4.69, 9.17) is 0 Å². The topological polar surface area (TPSA) is 37.8 Å². The summed E-state index contributed by atoms with van der Waals surface area (Å²) in [5.74, 6) is 0.304. The van der Waals surface area contributed by atoms with E-state index in [-0.39, 0.29) is 5.82 Å². The summed E-state index contributed by atoms with van der Waals surface area (Å²) in [6, 6.07) is 1.81. The number of fused-ring (bicyclic) bond motifs is 1. The lowest BCUT2D eigenvalue weighted by atomic mass is 10.3. The van der Waals surface area contributed by atoms with E-state index in [1.165, 1.54) is 11.3 Å². The molecule has 1 N–H and O–H groups in total. The van der Waals surface area contributed by atoms with Crippen LogP contribution in [0.4, 0.5) is 19.0 Å². The first-order chi connectivity index (χ1) is 8.49. The van der Waals surface area contributed by atoms with Gasteiger partial charge < -0.3 is 5.32 Å². The molecule has 0 aromatic carbocycles. The van der Waals surface area contributed by atoms with E-state index in [2.05, 4.69) is 15.3 Å². The van der Waals surface area contributed by atoms with E-state index >= 15 is 0 Å². The first kappa shape index (κ1) is 13.1. The standard InChI is InChI=1S/C11H12F3N3S/c1-2-4-15-9-7-3-5-18-10(7)17-8(16-9)6-11(12,13)14/h3,5H,2,4,6H2,1H3,(H,15,16,17). The minimum atomic E-state index is -4.28. The number of hydrogen-bond donors (Lipinski definition) is 1. The zero-order chi connectivity index (χ0) is 13.2. The third kappa shape index (κ3) is 3.10. The van der Waals surface area contributed by atoms with Gasteiger partial charge in [-0.1, -0.05) is 6.92 Å². The van der Waals surface area contributed by atoms with Gasteiger partial charge in [-0.3, -0.25) is 0 Å². The molecule has 0 saturated heterocycles. The fourth-order valence-corrected chi connectivity index (χ4v) is 2.32. The lowest BCUT2D eigenvalue weighted by Gasteiger charge is -2.09. The van der Waals surface area contributed by atoms with Crippen molar-refractivity contribution in [3.8, 4) is 0 Å². The maximum absolute atomic E-state index is 12.4. The second-order valence-corrected chi connectivity index (χ2v) is 4.74. The Morgan fingerprint density at radius 3 is 2.78 bits per heavy atom. The van der Waals surface area contributed by atoms with Gasteiger partial charge in [0.2, 0.25) is 0 Å². The molecule has 3 nitrogen and oxygen atoms in total. The molecule has 0 saturated carbocycles. The first-order valence-corrected chi connectivity index (χ1v) is 6.42. The highest BCUT2D eigenvalue weighted by atomic mass is 32.1. The van der Waals surface area contributed by atoms with Gasteiger partial charge >= 0.3 is 6.18 Å². The Bertz CT molecular complexity index is 536. The van der Waals surface area contributed by atoms with Crippen molar-refractivity contribution in [1.29, 1.82) is 0 Å². The lowest BCUT2D eigenvalue weighted by Crippen LogP contribution is -2.15. The molecular weight excluding hydrogens is 263 g/mol. The molecule has 2 heterocycles. The van der Waals surface area contributed by atoms with Crippen molar-refractivity contribution in [2.45, 2.75) is 25.9 Å². The first-order valence-electron chi connectivity index (χ1n) is 5.54. The second kappa shape index (κ2) is 5.09. The molecule has 7 heteroatoms. The second-order valence-electron chi connectivity index (χ2n) is 3.85. The SMILES string of the molecule is CCCNc1nc(CC(F)(F)F)nc2sccc12. The monoisotopic (exact) mass is 275 g/mol. The van der Waals surface area contributed by atoms with Crippen LogP contribution in [0.15, 0.2) is 11.4 Å². The van der Waals surface area contributed by atoms with Gasteiger partial charge in [-0.15, -0.1) is 11.3 Å². The van der Waals surface area contributed by atoms with E-state index in [1.54, 1.807) is 5.38 Å². The molecule has 0 aliphatic heterocycles. The van der Waals surface area contributed by atoms with Crippen LogP contribution < -0.4 is 5.32 Å². The molecular formula is C11H12F3N3S. The number of nitrogens with zero attached hydrogens (tertiary/aromatic N) is 2. The normalized spacial score (nSPS) is 12.0. The zero-order valence-corrected chi connectivity index (χ0v) is 10.5. The van der Waals surface area contributed by atoms with E-state index in [0.717, 1.165) is 11.8 Å². The molecule has 0 aliphatic carbocycles. The smallest absolute Gasteiger partial charge is 0.369 e. The average molecular weight is 275 g/mol. The molecule has 0 radical (unpaired) electrons. The molecule has 98 valence electrons. The Hall–Kier alpha value is -1.37. The Balaban J connectivity index is 2.37. The van der Waals surface area contributed by atoms with Crippen LogP contribution in [0.2, 0.25) is 0 Å². The van der Waals surface area contributed by atoms with Crippen LogP contribution in [-0.4, -0.2) is 22.7 Å². The Labute approximate surface area is 106 Å². The highest BCUT2D eigenvalue weighted by Crippen LogP contribution is 2.27. The maximum atomic E-state index is 12.4. The van der Waals surface area contributed by atoms with Gasteiger partial charge in [0.05, 0.1) is 5.39 Å². The fourth-order valence-electron chi connectivity index (χ4n) is 1.54. The summed E-state index contributed by atoms with van der Waals surface area (Å²) < 4.78 is 37.1. The van der Waals surface area contributed by atoms with Crippen LogP contribution in [0.25, 0.3) is 10.2 Å². The van der Waals surface area contributed by atoms with Gasteiger partial charge in [-0.05, 0) is 17.9 Å².